The van der Waals surface area contributed by atoms with Crippen LogP contribution in [0.25, 0.3) is 0 Å². The smallest absolute Gasteiger partial charge is 0.222 e. The summed E-state index contributed by atoms with van der Waals surface area (Å²) >= 11 is 0. The van der Waals surface area contributed by atoms with Crippen molar-refractivity contribution in [2.45, 2.75) is 38.3 Å². The summed E-state index contributed by atoms with van der Waals surface area (Å²) in [4.78, 5) is 24.4. The highest BCUT2D eigenvalue weighted by Crippen LogP contribution is 2.13. The van der Waals surface area contributed by atoms with E-state index in [-0.39, 0.29) is 11.9 Å². The third-order valence-corrected chi connectivity index (χ3v) is 3.73. The van der Waals surface area contributed by atoms with E-state index in [1.54, 1.807) is 18.5 Å². The van der Waals surface area contributed by atoms with Crippen molar-refractivity contribution in [3.05, 3.63) is 36.7 Å². The first-order chi connectivity index (χ1) is 10.8. The summed E-state index contributed by atoms with van der Waals surface area (Å²) in [6.07, 6.45) is 10.3. The number of imidazole rings is 1. The van der Waals surface area contributed by atoms with Crippen LogP contribution in [0.2, 0.25) is 0 Å². The number of rotatable bonds is 6. The summed E-state index contributed by atoms with van der Waals surface area (Å²) in [6, 6.07) is 1.98. The second kappa shape index (κ2) is 7.02. The van der Waals surface area contributed by atoms with Gasteiger partial charge in [0.25, 0.3) is 0 Å². The molecule has 0 unspecified atom stereocenters. The summed E-state index contributed by atoms with van der Waals surface area (Å²) in [5, 5.41) is 6.20. The molecule has 0 saturated heterocycles. The Kier molecular flexibility index (Phi) is 4.62. The number of carbonyl (C=O) groups is 1. The Balaban J connectivity index is 1.35. The molecule has 0 saturated carbocycles. The lowest BCUT2D eigenvalue weighted by atomic mass is 10.1. The van der Waals surface area contributed by atoms with Crippen LogP contribution in [0.5, 0.6) is 0 Å². The number of nitrogens with zero attached hydrogens (tertiary/aromatic N) is 4. The van der Waals surface area contributed by atoms with Crippen LogP contribution in [0.1, 0.15) is 25.1 Å². The summed E-state index contributed by atoms with van der Waals surface area (Å²) < 4.78 is 2.11. The number of aromatic nitrogens is 4. The fourth-order valence-corrected chi connectivity index (χ4v) is 2.62. The third-order valence-electron chi connectivity index (χ3n) is 3.73. The van der Waals surface area contributed by atoms with Gasteiger partial charge in [-0.25, -0.2) is 15.0 Å². The highest BCUT2D eigenvalue weighted by molar-refractivity contribution is 5.76. The molecular weight excluding hydrogens is 280 g/mol. The Morgan fingerprint density at radius 3 is 3.00 bits per heavy atom. The fraction of sp³-hybridized carbons (Fsp3) is 0.467. The van der Waals surface area contributed by atoms with Crippen molar-refractivity contribution in [1.82, 2.24) is 24.8 Å². The Labute approximate surface area is 129 Å². The van der Waals surface area contributed by atoms with Crippen LogP contribution in [0, 0.1) is 0 Å². The van der Waals surface area contributed by atoms with Gasteiger partial charge in [-0.15, -0.1) is 0 Å². The number of hydrogen-bond acceptors (Lipinski definition) is 5. The lowest BCUT2D eigenvalue weighted by Crippen LogP contribution is -2.40. The minimum absolute atomic E-state index is 0.101. The predicted octanol–water partition coefficient (Wildman–Crippen LogP) is 0.996. The zero-order valence-corrected chi connectivity index (χ0v) is 12.4. The van der Waals surface area contributed by atoms with Gasteiger partial charge < -0.3 is 15.2 Å². The molecule has 3 rings (SSSR count). The average Bonchev–Trinajstić information content (AvgIpc) is 3.00. The van der Waals surface area contributed by atoms with E-state index in [4.69, 9.17) is 0 Å². The number of nitrogens with one attached hydrogen (secondary N) is 2. The fourth-order valence-electron chi connectivity index (χ4n) is 2.62. The Bertz CT molecular complexity index is 612. The van der Waals surface area contributed by atoms with E-state index in [9.17, 15) is 4.79 Å². The number of hydrogen-bond donors (Lipinski definition) is 2. The van der Waals surface area contributed by atoms with E-state index in [1.807, 2.05) is 12.4 Å². The SMILES string of the molecule is O=C(CCCNc1ncccn1)N[C@H]1CCc2nccn2C1. The maximum Gasteiger partial charge on any atom is 0.222 e. The van der Waals surface area contributed by atoms with Gasteiger partial charge >= 0.3 is 0 Å². The van der Waals surface area contributed by atoms with Crippen LogP contribution in [0.4, 0.5) is 5.95 Å². The lowest BCUT2D eigenvalue weighted by molar-refractivity contribution is -0.122. The van der Waals surface area contributed by atoms with Gasteiger partial charge in [0.15, 0.2) is 0 Å². The lowest BCUT2D eigenvalue weighted by Gasteiger charge is -2.24. The van der Waals surface area contributed by atoms with Crippen molar-refractivity contribution in [1.29, 1.82) is 0 Å². The van der Waals surface area contributed by atoms with Gasteiger partial charge in [0.1, 0.15) is 5.82 Å². The molecule has 0 radical (unpaired) electrons. The molecule has 0 aromatic carbocycles. The normalized spacial score (nSPS) is 16.8. The monoisotopic (exact) mass is 300 g/mol. The van der Waals surface area contributed by atoms with Gasteiger partial charge in [-0.05, 0) is 18.9 Å². The van der Waals surface area contributed by atoms with Gasteiger partial charge in [-0.1, -0.05) is 0 Å². The first kappa shape index (κ1) is 14.5. The van der Waals surface area contributed by atoms with Crippen LogP contribution < -0.4 is 10.6 Å². The standard InChI is InChI=1S/C15H20N6O/c22-14(3-1-6-17-15-18-7-2-8-19-15)20-12-4-5-13-16-9-10-21(13)11-12/h2,7-10,12H,1,3-6,11H2,(H,20,22)(H,17,18,19)/t12-/m0/s1. The molecule has 7 heteroatoms. The second-order valence-electron chi connectivity index (χ2n) is 5.40. The van der Waals surface area contributed by atoms with Crippen molar-refractivity contribution in [2.24, 2.45) is 0 Å². The Morgan fingerprint density at radius 2 is 2.14 bits per heavy atom. The topological polar surface area (TPSA) is 84.7 Å². The minimum atomic E-state index is 0.101. The van der Waals surface area contributed by atoms with Gasteiger partial charge in [-0.2, -0.15) is 0 Å². The molecule has 2 aromatic rings. The van der Waals surface area contributed by atoms with Crippen LogP contribution in [0.3, 0.4) is 0 Å². The molecule has 2 aromatic heterocycles. The second-order valence-corrected chi connectivity index (χ2v) is 5.40. The van der Waals surface area contributed by atoms with Gasteiger partial charge in [0, 0.05) is 56.8 Å². The largest absolute Gasteiger partial charge is 0.354 e. The van der Waals surface area contributed by atoms with Crippen molar-refractivity contribution >= 4 is 11.9 Å². The predicted molar refractivity (Wildman–Crippen MR) is 82.2 cm³/mol. The molecule has 3 heterocycles. The number of fused-ring (bicyclic) bond motifs is 1. The molecule has 0 spiro atoms. The van der Waals surface area contributed by atoms with Gasteiger partial charge in [0.05, 0.1) is 0 Å². The van der Waals surface area contributed by atoms with Crippen molar-refractivity contribution < 1.29 is 4.79 Å². The Morgan fingerprint density at radius 1 is 1.27 bits per heavy atom. The van der Waals surface area contributed by atoms with Gasteiger partial charge in [0.2, 0.25) is 11.9 Å². The number of amides is 1. The quantitative estimate of drug-likeness (QED) is 0.777. The van der Waals surface area contributed by atoms with E-state index in [0.717, 1.165) is 31.6 Å². The van der Waals surface area contributed by atoms with Crippen molar-refractivity contribution in [3.8, 4) is 0 Å². The summed E-state index contributed by atoms with van der Waals surface area (Å²) in [5.74, 6) is 1.81. The molecule has 1 amide bonds. The maximum absolute atomic E-state index is 12.0. The summed E-state index contributed by atoms with van der Waals surface area (Å²) in [5.41, 5.74) is 0. The van der Waals surface area contributed by atoms with Crippen LogP contribution in [0.15, 0.2) is 30.9 Å². The molecule has 0 fully saturated rings. The Hall–Kier alpha value is -2.44. The highest BCUT2D eigenvalue weighted by atomic mass is 16.1. The summed E-state index contributed by atoms with van der Waals surface area (Å²) in [7, 11) is 0. The van der Waals surface area contributed by atoms with E-state index in [1.165, 1.54) is 0 Å². The minimum Gasteiger partial charge on any atom is -0.354 e. The molecule has 1 atom stereocenters. The van der Waals surface area contributed by atoms with E-state index >= 15 is 0 Å². The molecule has 2 N–H and O–H groups in total. The molecule has 22 heavy (non-hydrogen) atoms. The van der Waals surface area contributed by atoms with E-state index < -0.39 is 0 Å². The van der Waals surface area contributed by atoms with Gasteiger partial charge in [-0.3, -0.25) is 4.79 Å². The molecule has 116 valence electrons. The third kappa shape index (κ3) is 3.81. The molecular formula is C15H20N6O. The van der Waals surface area contributed by atoms with Crippen LogP contribution in [-0.4, -0.2) is 38.0 Å². The number of anilines is 1. The summed E-state index contributed by atoms with van der Waals surface area (Å²) in [6.45, 7) is 1.50. The number of carbonyl (C=O) groups excluding carboxylic acids is 1. The zero-order chi connectivity index (χ0) is 15.2. The van der Waals surface area contributed by atoms with E-state index in [2.05, 4.69) is 30.2 Å². The zero-order valence-electron chi connectivity index (χ0n) is 12.4. The average molecular weight is 300 g/mol. The first-order valence-electron chi connectivity index (χ1n) is 7.61. The molecule has 1 aliphatic rings. The van der Waals surface area contributed by atoms with E-state index in [0.29, 0.717) is 18.9 Å². The highest BCUT2D eigenvalue weighted by Gasteiger charge is 2.19. The molecule has 0 bridgehead atoms. The molecule has 7 nitrogen and oxygen atoms in total. The van der Waals surface area contributed by atoms with Crippen LogP contribution >= 0.6 is 0 Å². The van der Waals surface area contributed by atoms with Crippen molar-refractivity contribution in [3.63, 3.8) is 0 Å². The number of aryl methyl sites for hydroxylation is 1. The first-order valence-corrected chi connectivity index (χ1v) is 7.61. The molecule has 0 aliphatic carbocycles. The molecule has 1 aliphatic heterocycles. The van der Waals surface area contributed by atoms with Crippen molar-refractivity contribution in [2.75, 3.05) is 11.9 Å². The van der Waals surface area contributed by atoms with Crippen LogP contribution in [-0.2, 0) is 17.8 Å². The maximum atomic E-state index is 12.0.